The fraction of sp³-hybridized carbons (Fsp3) is 0.100. The maximum Gasteiger partial charge on any atom is 0.227 e. The minimum atomic E-state index is -0.345. The van der Waals surface area contributed by atoms with Gasteiger partial charge in [-0.15, -0.1) is 0 Å². The van der Waals surface area contributed by atoms with Gasteiger partial charge in [0.1, 0.15) is 17.5 Å². The molecule has 0 saturated carbocycles. The summed E-state index contributed by atoms with van der Waals surface area (Å²) in [5, 5.41) is 7.90. The van der Waals surface area contributed by atoms with Crippen LogP contribution in [0.5, 0.6) is 0 Å². The fourth-order valence-electron chi connectivity index (χ4n) is 2.85. The molecule has 2 aromatic heterocycles. The monoisotopic (exact) mass is 332 g/mol. The molecule has 1 atom stereocenters. The van der Waals surface area contributed by atoms with Gasteiger partial charge in [0.2, 0.25) is 5.91 Å². The van der Waals surface area contributed by atoms with Crippen LogP contribution in [0.3, 0.4) is 0 Å². The fourth-order valence-corrected chi connectivity index (χ4v) is 2.85. The first-order valence-electron chi connectivity index (χ1n) is 8.02. The summed E-state index contributed by atoms with van der Waals surface area (Å²) < 4.78 is 10.8. The van der Waals surface area contributed by atoms with Crippen LogP contribution < -0.4 is 5.32 Å². The minimum absolute atomic E-state index is 0.140. The van der Waals surface area contributed by atoms with E-state index in [-0.39, 0.29) is 18.4 Å². The Bertz CT molecular complexity index is 975. The van der Waals surface area contributed by atoms with Crippen molar-refractivity contribution >= 4 is 16.9 Å². The lowest BCUT2D eigenvalue weighted by Crippen LogP contribution is -2.30. The molecule has 0 spiro atoms. The second-order valence-corrected chi connectivity index (χ2v) is 5.73. The Morgan fingerprint density at radius 2 is 1.80 bits per heavy atom. The number of hydrogen-bond acceptors (Lipinski definition) is 4. The first-order valence-corrected chi connectivity index (χ1v) is 8.02. The van der Waals surface area contributed by atoms with E-state index in [0.29, 0.717) is 17.0 Å². The van der Waals surface area contributed by atoms with Crippen LogP contribution in [0.25, 0.3) is 11.0 Å². The number of fused-ring (bicyclic) bond motifs is 1. The summed E-state index contributed by atoms with van der Waals surface area (Å²) in [7, 11) is 0. The minimum Gasteiger partial charge on any atom is -0.467 e. The highest BCUT2D eigenvalue weighted by atomic mass is 16.5. The lowest BCUT2D eigenvalue weighted by Gasteiger charge is -2.17. The highest BCUT2D eigenvalue weighted by Crippen LogP contribution is 2.23. The molecule has 5 heteroatoms. The molecule has 4 aromatic rings. The lowest BCUT2D eigenvalue weighted by molar-refractivity contribution is -0.121. The highest BCUT2D eigenvalue weighted by molar-refractivity contribution is 5.86. The molecule has 25 heavy (non-hydrogen) atoms. The maximum atomic E-state index is 12.6. The van der Waals surface area contributed by atoms with Gasteiger partial charge in [-0.3, -0.25) is 4.79 Å². The van der Waals surface area contributed by atoms with Gasteiger partial charge in [-0.2, -0.15) is 0 Å². The van der Waals surface area contributed by atoms with Gasteiger partial charge in [0.25, 0.3) is 0 Å². The first-order chi connectivity index (χ1) is 12.3. The molecule has 0 bridgehead atoms. The number of hydrogen-bond donors (Lipinski definition) is 1. The van der Waals surface area contributed by atoms with Gasteiger partial charge in [0.05, 0.1) is 12.7 Å². The van der Waals surface area contributed by atoms with Crippen molar-refractivity contribution in [2.45, 2.75) is 12.5 Å². The van der Waals surface area contributed by atoms with Crippen LogP contribution in [0, 0.1) is 0 Å². The van der Waals surface area contributed by atoms with Crippen LogP contribution in [0.1, 0.15) is 23.1 Å². The van der Waals surface area contributed by atoms with Crippen molar-refractivity contribution in [2.24, 2.45) is 0 Å². The van der Waals surface area contributed by atoms with Gasteiger partial charge in [-0.25, -0.2) is 0 Å². The Kier molecular flexibility index (Phi) is 4.04. The van der Waals surface area contributed by atoms with Crippen molar-refractivity contribution in [2.75, 3.05) is 0 Å². The molecule has 5 nitrogen and oxygen atoms in total. The number of rotatable bonds is 5. The molecular weight excluding hydrogens is 316 g/mol. The summed E-state index contributed by atoms with van der Waals surface area (Å²) in [6.45, 7) is 0. The van der Waals surface area contributed by atoms with Crippen molar-refractivity contribution in [3.8, 4) is 0 Å². The Morgan fingerprint density at radius 1 is 1.00 bits per heavy atom. The van der Waals surface area contributed by atoms with Gasteiger partial charge < -0.3 is 14.3 Å². The van der Waals surface area contributed by atoms with E-state index in [1.807, 2.05) is 66.7 Å². The van der Waals surface area contributed by atoms with Crippen LogP contribution in [0.15, 0.2) is 81.9 Å². The quantitative estimate of drug-likeness (QED) is 0.602. The Balaban J connectivity index is 1.57. The summed E-state index contributed by atoms with van der Waals surface area (Å²) in [4.78, 5) is 12.6. The molecule has 0 fully saturated rings. The van der Waals surface area contributed by atoms with E-state index in [4.69, 9.17) is 8.94 Å². The maximum absolute atomic E-state index is 12.6. The van der Waals surface area contributed by atoms with E-state index in [0.717, 1.165) is 10.9 Å². The molecule has 1 unspecified atom stereocenters. The average Bonchev–Trinajstić information content (AvgIpc) is 3.31. The van der Waals surface area contributed by atoms with Crippen molar-refractivity contribution in [3.05, 3.63) is 90.0 Å². The molecule has 1 N–H and O–H groups in total. The number of amides is 1. The normalized spacial score (nSPS) is 12.2. The molecule has 1 amide bonds. The summed E-state index contributed by atoms with van der Waals surface area (Å²) in [5.74, 6) is 0.536. The Labute approximate surface area is 144 Å². The van der Waals surface area contributed by atoms with E-state index in [9.17, 15) is 4.79 Å². The summed E-state index contributed by atoms with van der Waals surface area (Å²) in [6, 6.07) is 20.5. The molecule has 0 radical (unpaired) electrons. The van der Waals surface area contributed by atoms with Gasteiger partial charge >= 0.3 is 0 Å². The zero-order valence-electron chi connectivity index (χ0n) is 13.4. The molecule has 2 heterocycles. The number of carbonyl (C=O) groups is 1. The summed E-state index contributed by atoms with van der Waals surface area (Å²) >= 11 is 0. The topological polar surface area (TPSA) is 68.3 Å². The van der Waals surface area contributed by atoms with Crippen LogP contribution in [-0.4, -0.2) is 11.1 Å². The molecule has 0 saturated heterocycles. The van der Waals surface area contributed by atoms with Crippen LogP contribution in [-0.2, 0) is 11.2 Å². The standard InChI is InChI=1S/C20H16N2O3/c23-19(13-16-15-9-4-5-10-17(15)25-22-16)21-20(18-11-6-12-24-18)14-7-2-1-3-8-14/h1-12,20H,13H2,(H,21,23). The van der Waals surface area contributed by atoms with Crippen molar-refractivity contribution in [1.29, 1.82) is 0 Å². The second-order valence-electron chi connectivity index (χ2n) is 5.73. The number of nitrogens with one attached hydrogen (secondary N) is 1. The number of furan rings is 1. The van der Waals surface area contributed by atoms with Crippen LogP contribution in [0.2, 0.25) is 0 Å². The molecule has 2 aromatic carbocycles. The van der Waals surface area contributed by atoms with Gasteiger partial charge in [-0.1, -0.05) is 47.6 Å². The van der Waals surface area contributed by atoms with Crippen LogP contribution in [0.4, 0.5) is 0 Å². The molecule has 4 rings (SSSR count). The molecule has 0 aliphatic rings. The summed E-state index contributed by atoms with van der Waals surface area (Å²) in [6.07, 6.45) is 1.74. The second kappa shape index (κ2) is 6.65. The van der Waals surface area contributed by atoms with Crippen LogP contribution >= 0.6 is 0 Å². The predicted molar refractivity (Wildman–Crippen MR) is 92.8 cm³/mol. The number of benzene rings is 2. The molecular formula is C20H16N2O3. The number of aromatic nitrogens is 1. The van der Waals surface area contributed by atoms with E-state index in [1.54, 1.807) is 6.26 Å². The van der Waals surface area contributed by atoms with E-state index >= 15 is 0 Å². The first kappa shape index (κ1) is 15.2. The Morgan fingerprint density at radius 3 is 2.60 bits per heavy atom. The lowest BCUT2D eigenvalue weighted by atomic mass is 10.0. The zero-order chi connectivity index (χ0) is 17.1. The van der Waals surface area contributed by atoms with Gasteiger partial charge in [-0.05, 0) is 29.8 Å². The smallest absolute Gasteiger partial charge is 0.227 e. The summed E-state index contributed by atoms with van der Waals surface area (Å²) in [5.41, 5.74) is 2.26. The third-order valence-electron chi connectivity index (χ3n) is 4.05. The SMILES string of the molecule is O=C(Cc1noc2ccccc12)NC(c1ccccc1)c1ccco1. The molecule has 0 aliphatic carbocycles. The van der Waals surface area contributed by atoms with E-state index in [2.05, 4.69) is 10.5 Å². The van der Waals surface area contributed by atoms with Crippen molar-refractivity contribution in [3.63, 3.8) is 0 Å². The predicted octanol–water partition coefficient (Wildman–Crippen LogP) is 3.87. The largest absolute Gasteiger partial charge is 0.467 e. The number of para-hydroxylation sites is 1. The van der Waals surface area contributed by atoms with Crippen molar-refractivity contribution in [1.82, 2.24) is 10.5 Å². The van der Waals surface area contributed by atoms with Gasteiger partial charge in [0.15, 0.2) is 5.58 Å². The zero-order valence-corrected chi connectivity index (χ0v) is 13.4. The Hall–Kier alpha value is -3.34. The average molecular weight is 332 g/mol. The highest BCUT2D eigenvalue weighted by Gasteiger charge is 2.20. The number of carbonyl (C=O) groups excluding carboxylic acids is 1. The third-order valence-corrected chi connectivity index (χ3v) is 4.05. The van der Waals surface area contributed by atoms with E-state index in [1.165, 1.54) is 0 Å². The van der Waals surface area contributed by atoms with Gasteiger partial charge in [0, 0.05) is 5.39 Å². The third kappa shape index (κ3) is 3.17. The molecule has 124 valence electrons. The molecule has 0 aliphatic heterocycles. The van der Waals surface area contributed by atoms with E-state index < -0.39 is 0 Å². The van der Waals surface area contributed by atoms with Crippen molar-refractivity contribution < 1.29 is 13.7 Å². The number of nitrogens with zero attached hydrogens (tertiary/aromatic N) is 1.